The third-order valence-corrected chi connectivity index (χ3v) is 6.56. The zero-order valence-corrected chi connectivity index (χ0v) is 19.4. The first kappa shape index (κ1) is 22.6. The van der Waals surface area contributed by atoms with Crippen LogP contribution in [0.1, 0.15) is 44.4 Å². The Morgan fingerprint density at radius 3 is 2.67 bits per heavy atom. The Morgan fingerprint density at radius 1 is 1.21 bits per heavy atom. The molecule has 2 atom stereocenters. The summed E-state index contributed by atoms with van der Waals surface area (Å²) in [5, 5.41) is 0. The number of cyclic esters (lactones) is 1. The minimum Gasteiger partial charge on any atom is -0.496 e. The molecule has 174 valence electrons. The summed E-state index contributed by atoms with van der Waals surface area (Å²) in [5.41, 5.74) is 8.05. The molecule has 8 heteroatoms. The predicted molar refractivity (Wildman–Crippen MR) is 126 cm³/mol. The van der Waals surface area contributed by atoms with Gasteiger partial charge in [0, 0.05) is 11.3 Å². The molecule has 4 rings (SSSR count). The molecule has 2 amide bonds. The van der Waals surface area contributed by atoms with Crippen molar-refractivity contribution in [2.24, 2.45) is 16.6 Å². The van der Waals surface area contributed by atoms with Gasteiger partial charge in [-0.3, -0.25) is 14.6 Å². The molecule has 0 aromatic heterocycles. The summed E-state index contributed by atoms with van der Waals surface area (Å²) in [7, 11) is 1.59. The number of hydrogen-bond acceptors (Lipinski definition) is 6. The van der Waals surface area contributed by atoms with Gasteiger partial charge >= 0.3 is 6.09 Å². The second-order valence-corrected chi connectivity index (χ2v) is 9.03. The number of rotatable bonds is 6. The molecular formula is C25H30N4O4. The van der Waals surface area contributed by atoms with Crippen LogP contribution in [-0.4, -0.2) is 42.1 Å². The molecule has 33 heavy (non-hydrogen) atoms. The Labute approximate surface area is 194 Å². The zero-order valence-electron chi connectivity index (χ0n) is 19.4. The van der Waals surface area contributed by atoms with Gasteiger partial charge in [-0.05, 0) is 36.6 Å². The largest absolute Gasteiger partial charge is 0.496 e. The van der Waals surface area contributed by atoms with E-state index in [1.54, 1.807) is 12.0 Å². The number of carbonyl (C=O) groups excluding carboxylic acids is 2. The van der Waals surface area contributed by atoms with E-state index in [-0.39, 0.29) is 24.3 Å². The van der Waals surface area contributed by atoms with Gasteiger partial charge in [0.2, 0.25) is 5.91 Å². The van der Waals surface area contributed by atoms with E-state index in [1.165, 1.54) is 4.90 Å². The van der Waals surface area contributed by atoms with E-state index < -0.39 is 17.7 Å². The van der Waals surface area contributed by atoms with Crippen LogP contribution in [0.5, 0.6) is 5.75 Å². The van der Waals surface area contributed by atoms with Crippen LogP contribution in [0.15, 0.2) is 53.5 Å². The summed E-state index contributed by atoms with van der Waals surface area (Å²) in [6, 6.07) is 15.0. The maximum absolute atomic E-state index is 12.9. The number of nitrogens with two attached hydrogens (primary N) is 1. The first-order chi connectivity index (χ1) is 15.7. The minimum atomic E-state index is -0.494. The van der Waals surface area contributed by atoms with Crippen molar-refractivity contribution in [1.29, 1.82) is 0 Å². The van der Waals surface area contributed by atoms with Gasteiger partial charge in [0.15, 0.2) is 12.1 Å². The lowest BCUT2D eigenvalue weighted by molar-refractivity contribution is -0.130. The first-order valence-corrected chi connectivity index (χ1v) is 11.1. The van der Waals surface area contributed by atoms with Crippen molar-refractivity contribution >= 4 is 23.6 Å². The molecule has 0 saturated carbocycles. The molecule has 2 aliphatic rings. The van der Waals surface area contributed by atoms with Crippen LogP contribution < -0.4 is 15.4 Å². The fourth-order valence-corrected chi connectivity index (χ4v) is 4.17. The fourth-order valence-electron chi connectivity index (χ4n) is 4.17. The number of aliphatic imine (C=N–C) groups is 1. The van der Waals surface area contributed by atoms with E-state index in [0.29, 0.717) is 24.4 Å². The number of guanidine groups is 1. The monoisotopic (exact) mass is 450 g/mol. The summed E-state index contributed by atoms with van der Waals surface area (Å²) in [6.07, 6.45) is -0.548. The van der Waals surface area contributed by atoms with E-state index in [2.05, 4.69) is 4.99 Å². The van der Waals surface area contributed by atoms with E-state index in [0.717, 1.165) is 11.1 Å². The molecule has 2 heterocycles. The number of para-hydroxylation sites is 1. The summed E-state index contributed by atoms with van der Waals surface area (Å²) in [4.78, 5) is 33.2. The molecule has 0 aliphatic carbocycles. The molecule has 0 bridgehead atoms. The molecule has 8 nitrogen and oxygen atoms in total. The number of carbonyl (C=O) groups is 2. The molecule has 2 aromatic rings. The summed E-state index contributed by atoms with van der Waals surface area (Å²) in [6.45, 7) is 6.68. The predicted octanol–water partition coefficient (Wildman–Crippen LogP) is 3.85. The van der Waals surface area contributed by atoms with Crippen molar-refractivity contribution in [2.45, 2.75) is 45.4 Å². The van der Waals surface area contributed by atoms with E-state index in [9.17, 15) is 9.59 Å². The SMILES string of the molecule is COc1ccccc1C1CN(c2cccc(CN3C(=O)C[C@@](C)(C(C)C)N=C3N)c2)C(=O)O1. The van der Waals surface area contributed by atoms with E-state index in [1.807, 2.05) is 69.3 Å². The van der Waals surface area contributed by atoms with Crippen molar-refractivity contribution in [3.05, 3.63) is 59.7 Å². The van der Waals surface area contributed by atoms with Crippen molar-refractivity contribution in [1.82, 2.24) is 4.90 Å². The molecular weight excluding hydrogens is 420 g/mol. The minimum absolute atomic E-state index is 0.0547. The molecule has 2 aliphatic heterocycles. The summed E-state index contributed by atoms with van der Waals surface area (Å²) >= 11 is 0. The standard InChI is InChI=1S/C25H30N4O4/c1-16(2)25(3)13-22(30)29(23(26)27-25)14-17-8-7-9-18(12-17)28-15-21(33-24(28)31)19-10-5-6-11-20(19)32-4/h5-12,16,21H,13-15H2,1-4H3,(H2,26,27)/t21?,25-/m0/s1. The third-order valence-electron chi connectivity index (χ3n) is 6.56. The fraction of sp³-hybridized carbons (Fsp3) is 0.400. The highest BCUT2D eigenvalue weighted by atomic mass is 16.6. The van der Waals surface area contributed by atoms with E-state index >= 15 is 0 Å². The Balaban J connectivity index is 1.53. The molecule has 2 N–H and O–H groups in total. The first-order valence-electron chi connectivity index (χ1n) is 11.1. The Kier molecular flexibility index (Phi) is 6.01. The van der Waals surface area contributed by atoms with Crippen molar-refractivity contribution in [3.63, 3.8) is 0 Å². The highest BCUT2D eigenvalue weighted by Crippen LogP contribution is 2.35. The maximum Gasteiger partial charge on any atom is 0.415 e. The number of methoxy groups -OCH3 is 1. The lowest BCUT2D eigenvalue weighted by Gasteiger charge is -2.37. The van der Waals surface area contributed by atoms with Crippen LogP contribution in [0, 0.1) is 5.92 Å². The quantitative estimate of drug-likeness (QED) is 0.721. The molecule has 1 fully saturated rings. The Hall–Kier alpha value is -3.55. The molecule has 0 radical (unpaired) electrons. The lowest BCUT2D eigenvalue weighted by atomic mass is 9.84. The maximum atomic E-state index is 12.9. The average molecular weight is 451 g/mol. The van der Waals surface area contributed by atoms with Gasteiger partial charge in [0.05, 0.1) is 32.2 Å². The highest BCUT2D eigenvalue weighted by molar-refractivity contribution is 5.99. The van der Waals surface area contributed by atoms with Gasteiger partial charge in [-0.2, -0.15) is 0 Å². The second kappa shape index (κ2) is 8.77. The van der Waals surface area contributed by atoms with Crippen LogP contribution in [0.3, 0.4) is 0 Å². The molecule has 0 spiro atoms. The van der Waals surface area contributed by atoms with Gasteiger partial charge in [-0.15, -0.1) is 0 Å². The van der Waals surface area contributed by atoms with Crippen LogP contribution >= 0.6 is 0 Å². The number of ether oxygens (including phenoxy) is 2. The van der Waals surface area contributed by atoms with Gasteiger partial charge in [-0.25, -0.2) is 9.79 Å². The van der Waals surface area contributed by atoms with Crippen molar-refractivity contribution < 1.29 is 19.1 Å². The van der Waals surface area contributed by atoms with Gasteiger partial charge in [0.1, 0.15) is 5.75 Å². The van der Waals surface area contributed by atoms with Gasteiger partial charge < -0.3 is 15.2 Å². The number of amides is 2. The average Bonchev–Trinajstić information content (AvgIpc) is 3.18. The number of nitrogens with zero attached hydrogens (tertiary/aromatic N) is 3. The van der Waals surface area contributed by atoms with E-state index in [4.69, 9.17) is 15.2 Å². The summed E-state index contributed by atoms with van der Waals surface area (Å²) in [5.74, 6) is 1.05. The molecule has 1 saturated heterocycles. The normalized spacial score (nSPS) is 23.1. The zero-order chi connectivity index (χ0) is 23.8. The lowest BCUT2D eigenvalue weighted by Crippen LogP contribution is -2.51. The Morgan fingerprint density at radius 2 is 1.97 bits per heavy atom. The van der Waals surface area contributed by atoms with Crippen LogP contribution in [0.25, 0.3) is 0 Å². The van der Waals surface area contributed by atoms with Gasteiger partial charge in [0.25, 0.3) is 0 Å². The highest BCUT2D eigenvalue weighted by Gasteiger charge is 2.39. The van der Waals surface area contributed by atoms with Crippen LogP contribution in [0.2, 0.25) is 0 Å². The third kappa shape index (κ3) is 4.37. The second-order valence-electron chi connectivity index (χ2n) is 9.03. The Bertz CT molecular complexity index is 1100. The summed E-state index contributed by atoms with van der Waals surface area (Å²) < 4.78 is 11.0. The smallest absolute Gasteiger partial charge is 0.415 e. The topological polar surface area (TPSA) is 97.5 Å². The van der Waals surface area contributed by atoms with Gasteiger partial charge in [-0.1, -0.05) is 44.2 Å². The number of benzene rings is 2. The van der Waals surface area contributed by atoms with Crippen molar-refractivity contribution in [3.8, 4) is 5.75 Å². The number of anilines is 1. The van der Waals surface area contributed by atoms with Crippen LogP contribution in [-0.2, 0) is 16.1 Å². The van der Waals surface area contributed by atoms with Crippen LogP contribution in [0.4, 0.5) is 10.5 Å². The molecule has 2 aromatic carbocycles. The molecule has 1 unspecified atom stereocenters. The van der Waals surface area contributed by atoms with Crippen molar-refractivity contribution in [2.75, 3.05) is 18.6 Å². The number of hydrogen-bond donors (Lipinski definition) is 1.